The molecule has 1 saturated heterocycles. The van der Waals surface area contributed by atoms with Crippen LogP contribution < -0.4 is 5.32 Å². The van der Waals surface area contributed by atoms with Crippen LogP contribution in [0, 0.1) is 56.2 Å². The molecule has 6 fully saturated rings. The molecule has 1 amide bonds. The number of nitrogens with zero attached hydrogens (tertiary/aromatic N) is 1. The van der Waals surface area contributed by atoms with Crippen molar-refractivity contribution in [2.45, 2.75) is 128 Å². The molecule has 1 aliphatic heterocycles. The van der Waals surface area contributed by atoms with E-state index in [2.05, 4.69) is 25.2 Å². The van der Waals surface area contributed by atoms with Crippen molar-refractivity contribution in [3.63, 3.8) is 0 Å². The number of rotatable bonds is 2. The zero-order valence-electron chi connectivity index (χ0n) is 26.6. The number of ether oxygens (including phenoxy) is 1. The van der Waals surface area contributed by atoms with E-state index in [9.17, 15) is 41.6 Å². The molecule has 10 atom stereocenters. The first kappa shape index (κ1) is 31.3. The van der Waals surface area contributed by atoms with Crippen LogP contribution in [0.4, 0.5) is 22.0 Å². The van der Waals surface area contributed by atoms with Crippen LogP contribution in [0.15, 0.2) is 11.6 Å². The van der Waals surface area contributed by atoms with Crippen molar-refractivity contribution in [1.82, 2.24) is 5.32 Å². The Kier molecular flexibility index (Phi) is 5.69. The summed E-state index contributed by atoms with van der Waals surface area (Å²) < 4.78 is 74.9. The predicted molar refractivity (Wildman–Crippen MR) is 150 cm³/mol. The lowest BCUT2D eigenvalue weighted by Gasteiger charge is -2.71. The fourth-order valence-corrected chi connectivity index (χ4v) is 12.2. The molecule has 11 heteroatoms. The number of hydrogen-bond acceptors (Lipinski definition) is 5. The number of Topliss-reactive ketones (excluding diaryl/α,β-unsaturated/α-hetero) is 1. The van der Waals surface area contributed by atoms with Crippen molar-refractivity contribution in [1.29, 1.82) is 5.26 Å². The van der Waals surface area contributed by atoms with Gasteiger partial charge in [-0.05, 0) is 98.9 Å². The zero-order chi connectivity index (χ0) is 33.2. The van der Waals surface area contributed by atoms with Gasteiger partial charge in [0, 0.05) is 16.9 Å². The Hall–Kier alpha value is -2.35. The molecular formula is C34H41F5N2O4. The maximum absolute atomic E-state index is 14.6. The van der Waals surface area contributed by atoms with E-state index in [0.29, 0.717) is 44.9 Å². The molecule has 6 aliphatic carbocycles. The summed E-state index contributed by atoms with van der Waals surface area (Å²) in [4.78, 5) is 41.1. The average molecular weight is 637 g/mol. The summed E-state index contributed by atoms with van der Waals surface area (Å²) in [6.07, 6.45) is -0.579. The molecule has 1 heterocycles. The topological polar surface area (TPSA) is 99.6 Å². The lowest BCUT2D eigenvalue weighted by atomic mass is 9.30. The Morgan fingerprint density at radius 3 is 2.18 bits per heavy atom. The maximum Gasteiger partial charge on any atom is 0.463 e. The number of carbonyl (C=O) groups excluding carboxylic acids is 3. The second kappa shape index (κ2) is 8.19. The number of alkyl halides is 5. The fraction of sp³-hybridized carbons (Fsp3) is 0.824. The van der Waals surface area contributed by atoms with Gasteiger partial charge in [-0.3, -0.25) is 14.4 Å². The molecule has 7 aliphatic rings. The van der Waals surface area contributed by atoms with E-state index < -0.39 is 68.2 Å². The van der Waals surface area contributed by atoms with Crippen molar-refractivity contribution >= 4 is 17.5 Å². The van der Waals surface area contributed by atoms with Crippen LogP contribution in [0.2, 0.25) is 0 Å². The minimum atomic E-state index is -6.04. The third kappa shape index (κ3) is 3.17. The number of nitriles is 1. The summed E-state index contributed by atoms with van der Waals surface area (Å²) in [5.41, 5.74) is -6.09. The van der Waals surface area contributed by atoms with E-state index in [1.54, 1.807) is 13.0 Å². The van der Waals surface area contributed by atoms with Crippen LogP contribution in [-0.2, 0) is 19.1 Å². The molecular weight excluding hydrogens is 595 g/mol. The van der Waals surface area contributed by atoms with Gasteiger partial charge in [0.1, 0.15) is 11.0 Å². The first-order chi connectivity index (χ1) is 20.5. The number of carbonyl (C=O) groups is 3. The Morgan fingerprint density at radius 2 is 1.60 bits per heavy atom. The van der Waals surface area contributed by atoms with Gasteiger partial charge in [0.25, 0.3) is 0 Å². The highest BCUT2D eigenvalue weighted by Crippen LogP contribution is 2.84. The number of allylic oxidation sites excluding steroid dienone is 1. The number of halogens is 5. The highest BCUT2D eigenvalue weighted by Gasteiger charge is 2.91. The summed E-state index contributed by atoms with van der Waals surface area (Å²) in [6, 6.07) is 2.36. The second-order valence-corrected chi connectivity index (χ2v) is 17.0. The van der Waals surface area contributed by atoms with Crippen LogP contribution >= 0.6 is 0 Å². The van der Waals surface area contributed by atoms with Gasteiger partial charge in [0.2, 0.25) is 0 Å². The monoisotopic (exact) mass is 636 g/mol. The Bertz CT molecular complexity index is 1530. The predicted octanol–water partition coefficient (Wildman–Crippen LogP) is 6.63. The highest BCUT2D eigenvalue weighted by atomic mass is 19.4. The summed E-state index contributed by atoms with van der Waals surface area (Å²) in [7, 11) is 0. The quantitative estimate of drug-likeness (QED) is 0.271. The van der Waals surface area contributed by atoms with Gasteiger partial charge < -0.3 is 10.1 Å². The van der Waals surface area contributed by atoms with Gasteiger partial charge in [0.15, 0.2) is 17.2 Å². The van der Waals surface area contributed by atoms with Gasteiger partial charge >= 0.3 is 18.0 Å². The smallest absolute Gasteiger partial charge is 0.353 e. The molecule has 0 aromatic carbocycles. The van der Waals surface area contributed by atoms with E-state index in [4.69, 9.17) is 4.74 Å². The minimum Gasteiger partial charge on any atom is -0.353 e. The van der Waals surface area contributed by atoms with Crippen LogP contribution in [0.25, 0.3) is 0 Å². The third-order valence-corrected chi connectivity index (χ3v) is 15.0. The Balaban J connectivity index is 1.35. The van der Waals surface area contributed by atoms with Crippen molar-refractivity contribution in [3.8, 4) is 6.07 Å². The first-order valence-electron chi connectivity index (χ1n) is 16.2. The number of fused-ring (bicyclic) bond motifs is 8. The van der Waals surface area contributed by atoms with Crippen molar-refractivity contribution in [2.75, 3.05) is 0 Å². The van der Waals surface area contributed by atoms with Crippen molar-refractivity contribution in [3.05, 3.63) is 11.6 Å². The largest absolute Gasteiger partial charge is 0.463 e. The molecule has 2 unspecified atom stereocenters. The molecule has 7 rings (SSSR count). The molecule has 1 spiro atoms. The molecule has 45 heavy (non-hydrogen) atoms. The fourth-order valence-electron chi connectivity index (χ4n) is 12.2. The van der Waals surface area contributed by atoms with Gasteiger partial charge in [-0.15, -0.1) is 0 Å². The number of hydrogen-bond donors (Lipinski definition) is 1. The van der Waals surface area contributed by atoms with Gasteiger partial charge in [0.05, 0.1) is 6.07 Å². The summed E-state index contributed by atoms with van der Waals surface area (Å²) >= 11 is 0. The first-order valence-corrected chi connectivity index (χ1v) is 16.2. The van der Waals surface area contributed by atoms with E-state index >= 15 is 0 Å². The molecule has 246 valence electrons. The number of amides is 1. The molecule has 1 N–H and O–H groups in total. The van der Waals surface area contributed by atoms with Crippen LogP contribution in [0.3, 0.4) is 0 Å². The maximum atomic E-state index is 14.6. The number of epoxide rings is 1. The third-order valence-electron chi connectivity index (χ3n) is 15.0. The number of ketones is 2. The van der Waals surface area contributed by atoms with E-state index in [1.807, 2.05) is 20.8 Å². The summed E-state index contributed by atoms with van der Waals surface area (Å²) in [6.45, 7) is 12.0. The van der Waals surface area contributed by atoms with Crippen LogP contribution in [-0.4, -0.2) is 46.3 Å². The van der Waals surface area contributed by atoms with Crippen LogP contribution in [0.1, 0.15) is 99.3 Å². The van der Waals surface area contributed by atoms with Crippen molar-refractivity contribution < 1.29 is 41.1 Å². The Morgan fingerprint density at radius 1 is 0.956 bits per heavy atom. The van der Waals surface area contributed by atoms with E-state index in [-0.39, 0.29) is 35.7 Å². The molecule has 0 aromatic heterocycles. The summed E-state index contributed by atoms with van der Waals surface area (Å²) in [5.74, 6) is -10.0. The van der Waals surface area contributed by atoms with Crippen molar-refractivity contribution in [2.24, 2.45) is 44.8 Å². The SMILES string of the molecule is CC1(C)CC[C@]2(NC(=O)C(F)(F)C(F)(F)F)CC[C@]3(C)C(C(=O)C=C4[C@@]5(C)[C@H]6CC[C@@]6(C#N)C(=O)[C@@]6(C)O[C@@]56CC[C@]43C)C2C1. The summed E-state index contributed by atoms with van der Waals surface area (Å²) in [5, 5.41) is 12.6. The normalized spacial score (nSPS) is 51.0. The zero-order valence-corrected chi connectivity index (χ0v) is 26.6. The van der Waals surface area contributed by atoms with Crippen LogP contribution in [0.5, 0.6) is 0 Å². The molecule has 0 bridgehead atoms. The standard InChI is InChI=1S/C34H41F5N2O4/c1-25(2)9-12-31(41-24(44)33(35,36)34(37,38)39)13-10-27(4)22(18(31)16-25)19(42)15-21-26(27,3)11-14-32-28(21,5)20-7-8-30(20,17-40)23(43)29(32,6)45-32/h15,18,20,22H,7-14,16H2,1-6H3,(H,41,44)/t18?,20-,22?,26-,27-,28-,29-,30+,31+,32+/m1/s1. The van der Waals surface area contributed by atoms with Gasteiger partial charge in [-0.2, -0.15) is 27.2 Å². The average Bonchev–Trinajstić information content (AvgIpc) is 3.55. The lowest BCUT2D eigenvalue weighted by Crippen LogP contribution is -2.74. The minimum absolute atomic E-state index is 0.163. The highest BCUT2D eigenvalue weighted by molar-refractivity contribution is 6.02. The van der Waals surface area contributed by atoms with E-state index in [0.717, 1.165) is 5.57 Å². The van der Waals surface area contributed by atoms with Gasteiger partial charge in [-0.25, -0.2) is 0 Å². The Labute approximate surface area is 259 Å². The lowest BCUT2D eigenvalue weighted by molar-refractivity contribution is -0.271. The molecule has 0 aromatic rings. The second-order valence-electron chi connectivity index (χ2n) is 17.0. The molecule has 6 nitrogen and oxygen atoms in total. The van der Waals surface area contributed by atoms with Gasteiger partial charge in [-0.1, -0.05) is 40.2 Å². The molecule has 0 radical (unpaired) electrons. The molecule has 5 saturated carbocycles. The van der Waals surface area contributed by atoms with E-state index in [1.165, 1.54) is 0 Å². The number of nitrogens with one attached hydrogen (secondary N) is 1.